The maximum Gasteiger partial charge on any atom is 0.275 e. The second-order valence-corrected chi connectivity index (χ2v) is 4.23. The Hall–Kier alpha value is -2.28. The molecule has 1 saturated heterocycles. The molecule has 1 aromatic carbocycles. The number of carbonyl (C=O) groups is 1. The molecule has 7 heteroatoms. The number of tetrazole rings is 1. The third kappa shape index (κ3) is 2.32. The fraction of sp³-hybridized carbons (Fsp3) is 0.333. The molecule has 98 valence electrons. The summed E-state index contributed by atoms with van der Waals surface area (Å²) in [5.74, 6) is -0.156. The molecule has 1 atom stereocenters. The average molecular weight is 259 g/mol. The molecule has 0 aliphatic carbocycles. The van der Waals surface area contributed by atoms with Gasteiger partial charge >= 0.3 is 0 Å². The first-order chi connectivity index (χ1) is 9.36. The molecule has 1 fully saturated rings. The average Bonchev–Trinajstić information content (AvgIpc) is 3.13. The van der Waals surface area contributed by atoms with Crippen LogP contribution >= 0.6 is 0 Å². The van der Waals surface area contributed by atoms with Gasteiger partial charge in [0, 0.05) is 0 Å². The zero-order chi connectivity index (χ0) is 13.1. The van der Waals surface area contributed by atoms with Crippen molar-refractivity contribution < 1.29 is 9.63 Å². The summed E-state index contributed by atoms with van der Waals surface area (Å²) >= 11 is 0. The number of hydrogen-bond donors (Lipinski definition) is 0. The second-order valence-electron chi connectivity index (χ2n) is 4.23. The summed E-state index contributed by atoms with van der Waals surface area (Å²) in [5, 5.41) is 12.4. The summed E-state index contributed by atoms with van der Waals surface area (Å²) < 4.78 is 1.44. The van der Waals surface area contributed by atoms with E-state index in [-0.39, 0.29) is 5.91 Å². The first kappa shape index (κ1) is 11.8. The lowest BCUT2D eigenvalue weighted by Crippen LogP contribution is -2.35. The lowest BCUT2D eigenvalue weighted by molar-refractivity contribution is -0.171. The molecule has 2 aromatic rings. The standard InChI is InChI=1S/C12H13N5O2/c18-12(17-7-4-8-19-17)11(16-9-13-14-15-16)10-5-2-1-3-6-10/h1-3,5-6,9,11H,4,7-8H2/t11-/m0/s1. The Labute approximate surface area is 109 Å². The third-order valence-electron chi connectivity index (χ3n) is 2.98. The Bertz CT molecular complexity index is 537. The van der Waals surface area contributed by atoms with Crippen LogP contribution in [0.3, 0.4) is 0 Å². The number of hydroxylamine groups is 2. The molecular weight excluding hydrogens is 246 g/mol. The van der Waals surface area contributed by atoms with Crippen LogP contribution in [0.4, 0.5) is 0 Å². The van der Waals surface area contributed by atoms with Gasteiger partial charge in [0.25, 0.3) is 5.91 Å². The number of rotatable bonds is 3. The molecular formula is C12H13N5O2. The Balaban J connectivity index is 1.95. The molecule has 0 N–H and O–H groups in total. The first-order valence-electron chi connectivity index (χ1n) is 6.08. The van der Waals surface area contributed by atoms with Crippen molar-refractivity contribution in [1.82, 2.24) is 25.3 Å². The normalized spacial score (nSPS) is 16.5. The van der Waals surface area contributed by atoms with E-state index in [0.717, 1.165) is 12.0 Å². The molecule has 7 nitrogen and oxygen atoms in total. The lowest BCUT2D eigenvalue weighted by atomic mass is 10.1. The van der Waals surface area contributed by atoms with Crippen LogP contribution in [-0.2, 0) is 9.63 Å². The van der Waals surface area contributed by atoms with E-state index in [4.69, 9.17) is 4.84 Å². The molecule has 1 aromatic heterocycles. The summed E-state index contributed by atoms with van der Waals surface area (Å²) in [6, 6.07) is 8.82. The SMILES string of the molecule is O=C([C@H](c1ccccc1)n1cnnn1)N1CCCO1. The summed E-state index contributed by atoms with van der Waals surface area (Å²) in [6.45, 7) is 1.17. The van der Waals surface area contributed by atoms with E-state index in [1.807, 2.05) is 30.3 Å². The fourth-order valence-corrected chi connectivity index (χ4v) is 2.09. The Morgan fingerprint density at radius 2 is 2.16 bits per heavy atom. The van der Waals surface area contributed by atoms with Crippen molar-refractivity contribution in [2.24, 2.45) is 0 Å². The largest absolute Gasteiger partial charge is 0.275 e. The van der Waals surface area contributed by atoms with Gasteiger partial charge in [-0.2, -0.15) is 0 Å². The Morgan fingerprint density at radius 3 is 2.79 bits per heavy atom. The summed E-state index contributed by atoms with van der Waals surface area (Å²) in [6.07, 6.45) is 2.29. The molecule has 2 heterocycles. The van der Waals surface area contributed by atoms with Crippen LogP contribution in [-0.4, -0.2) is 44.3 Å². The van der Waals surface area contributed by atoms with Gasteiger partial charge in [-0.05, 0) is 22.4 Å². The van der Waals surface area contributed by atoms with E-state index in [1.165, 1.54) is 16.1 Å². The molecule has 19 heavy (non-hydrogen) atoms. The Morgan fingerprint density at radius 1 is 1.32 bits per heavy atom. The minimum absolute atomic E-state index is 0.156. The van der Waals surface area contributed by atoms with Crippen molar-refractivity contribution in [2.45, 2.75) is 12.5 Å². The number of aromatic nitrogens is 4. The predicted molar refractivity (Wildman–Crippen MR) is 64.7 cm³/mol. The van der Waals surface area contributed by atoms with Crippen molar-refractivity contribution in [2.75, 3.05) is 13.2 Å². The topological polar surface area (TPSA) is 73.1 Å². The van der Waals surface area contributed by atoms with Crippen molar-refractivity contribution in [3.63, 3.8) is 0 Å². The van der Waals surface area contributed by atoms with Gasteiger partial charge in [0.15, 0.2) is 6.04 Å². The third-order valence-corrected chi connectivity index (χ3v) is 2.98. The number of amides is 1. The minimum atomic E-state index is -0.589. The van der Waals surface area contributed by atoms with Gasteiger partial charge in [0.1, 0.15) is 6.33 Å². The second kappa shape index (κ2) is 5.15. The van der Waals surface area contributed by atoms with E-state index in [1.54, 1.807) is 0 Å². The van der Waals surface area contributed by atoms with E-state index < -0.39 is 6.04 Å². The molecule has 3 rings (SSSR count). The smallest absolute Gasteiger partial charge is 0.271 e. The van der Waals surface area contributed by atoms with Crippen molar-refractivity contribution in [3.05, 3.63) is 42.2 Å². The zero-order valence-corrected chi connectivity index (χ0v) is 10.2. The molecule has 0 bridgehead atoms. The molecule has 0 radical (unpaired) electrons. The number of hydrogen-bond acceptors (Lipinski definition) is 5. The van der Waals surface area contributed by atoms with E-state index in [9.17, 15) is 4.79 Å². The molecule has 0 unspecified atom stereocenters. The van der Waals surface area contributed by atoms with Crippen LogP contribution in [0.5, 0.6) is 0 Å². The Kier molecular flexibility index (Phi) is 3.20. The molecule has 1 amide bonds. The summed E-state index contributed by atoms with van der Waals surface area (Å²) in [4.78, 5) is 17.8. The van der Waals surface area contributed by atoms with Crippen LogP contribution in [0.2, 0.25) is 0 Å². The van der Waals surface area contributed by atoms with Gasteiger partial charge in [0.05, 0.1) is 13.2 Å². The zero-order valence-electron chi connectivity index (χ0n) is 10.2. The maximum absolute atomic E-state index is 12.5. The van der Waals surface area contributed by atoms with Crippen LogP contribution < -0.4 is 0 Å². The van der Waals surface area contributed by atoms with E-state index in [0.29, 0.717) is 13.2 Å². The minimum Gasteiger partial charge on any atom is -0.271 e. The maximum atomic E-state index is 12.5. The van der Waals surface area contributed by atoms with E-state index >= 15 is 0 Å². The number of nitrogens with zero attached hydrogens (tertiary/aromatic N) is 5. The molecule has 1 aliphatic rings. The van der Waals surface area contributed by atoms with Gasteiger partial charge in [-0.25, -0.2) is 9.75 Å². The van der Waals surface area contributed by atoms with Gasteiger partial charge in [-0.1, -0.05) is 30.3 Å². The first-order valence-corrected chi connectivity index (χ1v) is 6.08. The van der Waals surface area contributed by atoms with Crippen LogP contribution in [0.1, 0.15) is 18.0 Å². The lowest BCUT2D eigenvalue weighted by Gasteiger charge is -2.21. The van der Waals surface area contributed by atoms with Crippen LogP contribution in [0.25, 0.3) is 0 Å². The summed E-state index contributed by atoms with van der Waals surface area (Å²) in [5.41, 5.74) is 0.829. The molecule has 0 saturated carbocycles. The summed E-state index contributed by atoms with van der Waals surface area (Å²) in [7, 11) is 0. The van der Waals surface area contributed by atoms with Gasteiger partial charge in [0.2, 0.25) is 0 Å². The van der Waals surface area contributed by atoms with Crippen LogP contribution in [0, 0.1) is 0 Å². The fourth-order valence-electron chi connectivity index (χ4n) is 2.09. The highest BCUT2D eigenvalue weighted by atomic mass is 16.7. The van der Waals surface area contributed by atoms with Gasteiger partial charge < -0.3 is 0 Å². The van der Waals surface area contributed by atoms with Crippen molar-refractivity contribution in [1.29, 1.82) is 0 Å². The highest BCUT2D eigenvalue weighted by Gasteiger charge is 2.31. The van der Waals surface area contributed by atoms with Crippen LogP contribution in [0.15, 0.2) is 36.7 Å². The highest BCUT2D eigenvalue weighted by Crippen LogP contribution is 2.21. The highest BCUT2D eigenvalue weighted by molar-refractivity contribution is 5.82. The van der Waals surface area contributed by atoms with Crippen molar-refractivity contribution >= 4 is 5.91 Å². The quantitative estimate of drug-likeness (QED) is 0.799. The monoisotopic (exact) mass is 259 g/mol. The van der Waals surface area contributed by atoms with Gasteiger partial charge in [-0.15, -0.1) is 5.10 Å². The number of benzene rings is 1. The van der Waals surface area contributed by atoms with Crippen molar-refractivity contribution in [3.8, 4) is 0 Å². The van der Waals surface area contributed by atoms with E-state index in [2.05, 4.69) is 15.5 Å². The molecule has 0 spiro atoms. The van der Waals surface area contributed by atoms with Gasteiger partial charge in [-0.3, -0.25) is 9.63 Å². The molecule has 1 aliphatic heterocycles. The predicted octanol–water partition coefficient (Wildman–Crippen LogP) is 0.426. The number of carbonyl (C=O) groups excluding carboxylic acids is 1.